The Labute approximate surface area is 314 Å². The van der Waals surface area contributed by atoms with Gasteiger partial charge in [0.2, 0.25) is 11.8 Å². The van der Waals surface area contributed by atoms with Crippen molar-refractivity contribution >= 4 is 17.7 Å². The van der Waals surface area contributed by atoms with E-state index in [2.05, 4.69) is 39.6 Å². The molecular formula is C44H43N7O3. The van der Waals surface area contributed by atoms with Gasteiger partial charge in [0.25, 0.3) is 5.91 Å². The van der Waals surface area contributed by atoms with Crippen molar-refractivity contribution in [2.75, 3.05) is 20.1 Å². The summed E-state index contributed by atoms with van der Waals surface area (Å²) in [4.78, 5) is 59.8. The number of rotatable bonds is 10. The molecule has 272 valence electrons. The summed E-state index contributed by atoms with van der Waals surface area (Å²) in [6.07, 6.45) is 6.07. The standard InChI is InChI=1S/C44H43N7O3/c1-45-44(54)41-40(48-43(49-41)37-15-9-25-51(37)39(53)27-30-12-6-3-7-13-30)34-22-18-32(19-23-34)31-16-20-33(21-17-31)35-28-46-42(47-35)36-14-8-24-50(36)38(52)26-29-10-4-2-5-11-29/h2-7,10-13,16-23,28,36-37H,8-9,14-15,24-27H2,1H3,(H,45,54)(H,46,47)(H,48,49)/t36-,37-/m0/s1. The lowest BCUT2D eigenvalue weighted by molar-refractivity contribution is -0.132. The third kappa shape index (κ3) is 7.19. The number of nitrogens with zero attached hydrogens (tertiary/aromatic N) is 4. The van der Waals surface area contributed by atoms with E-state index in [4.69, 9.17) is 9.97 Å². The Morgan fingerprint density at radius 3 is 1.69 bits per heavy atom. The first-order valence-electron chi connectivity index (χ1n) is 18.7. The van der Waals surface area contributed by atoms with Gasteiger partial charge in [-0.15, -0.1) is 0 Å². The first-order chi connectivity index (χ1) is 26.4. The number of hydrogen-bond donors (Lipinski definition) is 3. The largest absolute Gasteiger partial charge is 0.354 e. The van der Waals surface area contributed by atoms with Gasteiger partial charge in [-0.1, -0.05) is 109 Å². The van der Waals surface area contributed by atoms with Gasteiger partial charge in [0.1, 0.15) is 11.6 Å². The summed E-state index contributed by atoms with van der Waals surface area (Å²) >= 11 is 0. The molecule has 0 spiro atoms. The number of H-pyrrole nitrogens is 2. The Kier molecular flexibility index (Phi) is 9.89. The van der Waals surface area contributed by atoms with E-state index in [0.29, 0.717) is 36.6 Å². The summed E-state index contributed by atoms with van der Waals surface area (Å²) in [5.41, 5.74) is 7.78. The third-order valence-corrected chi connectivity index (χ3v) is 10.6. The molecule has 2 aliphatic heterocycles. The van der Waals surface area contributed by atoms with E-state index >= 15 is 0 Å². The van der Waals surface area contributed by atoms with Gasteiger partial charge in [-0.2, -0.15) is 0 Å². The van der Waals surface area contributed by atoms with E-state index in [9.17, 15) is 14.4 Å². The monoisotopic (exact) mass is 717 g/mol. The van der Waals surface area contributed by atoms with Crippen molar-refractivity contribution in [1.82, 2.24) is 35.1 Å². The van der Waals surface area contributed by atoms with Gasteiger partial charge in [-0.05, 0) is 53.5 Å². The molecule has 3 amide bonds. The van der Waals surface area contributed by atoms with Crippen LogP contribution >= 0.6 is 0 Å². The summed E-state index contributed by atoms with van der Waals surface area (Å²) < 4.78 is 0. The first-order valence-corrected chi connectivity index (χ1v) is 18.7. The number of aromatic nitrogens is 4. The van der Waals surface area contributed by atoms with Crippen molar-refractivity contribution < 1.29 is 14.4 Å². The van der Waals surface area contributed by atoms with Gasteiger partial charge in [-0.25, -0.2) is 9.97 Å². The maximum absolute atomic E-state index is 13.4. The molecule has 0 bridgehead atoms. The summed E-state index contributed by atoms with van der Waals surface area (Å²) in [6, 6.07) is 35.8. The van der Waals surface area contributed by atoms with Gasteiger partial charge in [0.05, 0.1) is 42.5 Å². The molecule has 2 atom stereocenters. The minimum Gasteiger partial charge on any atom is -0.354 e. The zero-order valence-corrected chi connectivity index (χ0v) is 30.3. The van der Waals surface area contributed by atoms with E-state index in [1.807, 2.05) is 101 Å². The van der Waals surface area contributed by atoms with Crippen LogP contribution < -0.4 is 5.32 Å². The molecule has 2 aromatic heterocycles. The van der Waals surface area contributed by atoms with Crippen LogP contribution in [-0.4, -0.2) is 67.6 Å². The van der Waals surface area contributed by atoms with E-state index < -0.39 is 0 Å². The van der Waals surface area contributed by atoms with Crippen molar-refractivity contribution in [2.45, 2.75) is 50.6 Å². The average Bonchev–Trinajstić information content (AvgIpc) is 4.05. The smallest absolute Gasteiger partial charge is 0.271 e. The summed E-state index contributed by atoms with van der Waals surface area (Å²) in [7, 11) is 1.60. The van der Waals surface area contributed by atoms with Crippen LogP contribution in [0.25, 0.3) is 33.6 Å². The minimum atomic E-state index is -0.284. The number of amides is 3. The van der Waals surface area contributed by atoms with E-state index in [1.54, 1.807) is 7.05 Å². The fourth-order valence-corrected chi connectivity index (χ4v) is 7.81. The van der Waals surface area contributed by atoms with Gasteiger partial charge in [0, 0.05) is 25.7 Å². The highest BCUT2D eigenvalue weighted by Crippen LogP contribution is 2.35. The van der Waals surface area contributed by atoms with Crippen LogP contribution in [0, 0.1) is 0 Å². The van der Waals surface area contributed by atoms with Crippen LogP contribution in [0.15, 0.2) is 115 Å². The Balaban J connectivity index is 0.964. The summed E-state index contributed by atoms with van der Waals surface area (Å²) in [6.45, 7) is 1.40. The second-order valence-corrected chi connectivity index (χ2v) is 14.1. The van der Waals surface area contributed by atoms with Crippen molar-refractivity contribution in [3.63, 3.8) is 0 Å². The Morgan fingerprint density at radius 1 is 0.648 bits per heavy atom. The molecule has 6 aromatic rings. The predicted octanol–water partition coefficient (Wildman–Crippen LogP) is 7.31. The molecule has 8 rings (SSSR count). The van der Waals surface area contributed by atoms with E-state index in [1.165, 1.54) is 0 Å². The highest BCUT2D eigenvalue weighted by atomic mass is 16.2. The van der Waals surface area contributed by atoms with Gasteiger partial charge in [-0.3, -0.25) is 14.4 Å². The first kappa shape index (κ1) is 34.8. The highest BCUT2D eigenvalue weighted by Gasteiger charge is 2.34. The molecule has 10 nitrogen and oxygen atoms in total. The number of carbonyl (C=O) groups is 3. The zero-order valence-electron chi connectivity index (χ0n) is 30.3. The molecule has 0 aliphatic carbocycles. The number of nitrogens with one attached hydrogen (secondary N) is 3. The van der Waals surface area contributed by atoms with Crippen LogP contribution in [0.3, 0.4) is 0 Å². The lowest BCUT2D eigenvalue weighted by atomic mass is 10.0. The number of likely N-dealkylation sites (tertiary alicyclic amines) is 2. The molecular weight excluding hydrogens is 675 g/mol. The summed E-state index contributed by atoms with van der Waals surface area (Å²) in [5.74, 6) is 1.35. The topological polar surface area (TPSA) is 127 Å². The Bertz CT molecular complexity index is 2250. The van der Waals surface area contributed by atoms with E-state index in [0.717, 1.165) is 77.1 Å². The quantitative estimate of drug-likeness (QED) is 0.137. The fourth-order valence-electron chi connectivity index (χ4n) is 7.81. The lowest BCUT2D eigenvalue weighted by Crippen LogP contribution is -2.32. The average molecular weight is 718 g/mol. The van der Waals surface area contributed by atoms with Crippen LogP contribution in [0.5, 0.6) is 0 Å². The van der Waals surface area contributed by atoms with Gasteiger partial charge in [0.15, 0.2) is 5.69 Å². The molecule has 4 aromatic carbocycles. The molecule has 10 heteroatoms. The molecule has 0 unspecified atom stereocenters. The normalized spacial score (nSPS) is 16.8. The van der Waals surface area contributed by atoms with Crippen LogP contribution in [0.1, 0.15) is 71.0 Å². The van der Waals surface area contributed by atoms with Crippen molar-refractivity contribution in [3.05, 3.63) is 144 Å². The van der Waals surface area contributed by atoms with Crippen molar-refractivity contribution in [2.24, 2.45) is 0 Å². The van der Waals surface area contributed by atoms with Crippen LogP contribution in [0.4, 0.5) is 0 Å². The van der Waals surface area contributed by atoms with E-state index in [-0.39, 0.29) is 29.8 Å². The maximum atomic E-state index is 13.4. The third-order valence-electron chi connectivity index (χ3n) is 10.6. The van der Waals surface area contributed by atoms with Crippen molar-refractivity contribution in [3.8, 4) is 33.6 Å². The van der Waals surface area contributed by atoms with Crippen molar-refractivity contribution in [1.29, 1.82) is 0 Å². The molecule has 54 heavy (non-hydrogen) atoms. The second-order valence-electron chi connectivity index (χ2n) is 14.1. The number of benzene rings is 4. The summed E-state index contributed by atoms with van der Waals surface area (Å²) in [5, 5.41) is 2.72. The fraction of sp³-hybridized carbons (Fsp3) is 0.250. The Hall–Kier alpha value is -6.29. The Morgan fingerprint density at radius 2 is 1.15 bits per heavy atom. The van der Waals surface area contributed by atoms with Gasteiger partial charge < -0.3 is 25.1 Å². The molecule has 0 saturated carbocycles. The molecule has 0 radical (unpaired) electrons. The molecule has 3 N–H and O–H groups in total. The van der Waals surface area contributed by atoms with Crippen LogP contribution in [0.2, 0.25) is 0 Å². The SMILES string of the molecule is CNC(=O)c1nc([C@@H]2CCCN2C(=O)Cc2ccccc2)[nH]c1-c1ccc(-c2ccc(-c3cnc([C@@H]4CCCN4C(=O)Cc4ccccc4)[nH]3)cc2)cc1. The zero-order chi connectivity index (χ0) is 37.0. The maximum Gasteiger partial charge on any atom is 0.271 e. The number of carbonyl (C=O) groups excluding carboxylic acids is 3. The van der Waals surface area contributed by atoms with Gasteiger partial charge >= 0.3 is 0 Å². The highest BCUT2D eigenvalue weighted by molar-refractivity contribution is 5.98. The molecule has 2 aliphatic rings. The number of aromatic amines is 2. The predicted molar refractivity (Wildman–Crippen MR) is 208 cm³/mol. The lowest BCUT2D eigenvalue weighted by Gasteiger charge is -2.23. The molecule has 4 heterocycles. The van der Waals surface area contributed by atoms with Crippen LogP contribution in [-0.2, 0) is 22.4 Å². The molecule has 2 fully saturated rings. The minimum absolute atomic E-state index is 0.0537. The number of hydrogen-bond acceptors (Lipinski definition) is 5. The second kappa shape index (κ2) is 15.4. The molecule has 2 saturated heterocycles. The number of imidazole rings is 2.